The van der Waals surface area contributed by atoms with Crippen LogP contribution >= 0.6 is 0 Å². The van der Waals surface area contributed by atoms with Crippen LogP contribution in [0.3, 0.4) is 0 Å². The lowest BCUT2D eigenvalue weighted by Gasteiger charge is -2.38. The van der Waals surface area contributed by atoms with Crippen molar-refractivity contribution < 1.29 is 8.42 Å². The zero-order chi connectivity index (χ0) is 12.6. The standard InChI is InChI=1S/C13H24N2O2S/c16-18(17,12-6-2-1-3-7-12)15-8-4-5-11-9-14-10-13(11)15/h11-14H,1-10H2. The maximum atomic E-state index is 12.8. The maximum absolute atomic E-state index is 12.8. The Hall–Kier alpha value is -0.130. The lowest BCUT2D eigenvalue weighted by Crippen LogP contribution is -2.51. The van der Waals surface area contributed by atoms with Gasteiger partial charge in [0.1, 0.15) is 0 Å². The first-order chi connectivity index (χ1) is 8.69. The molecular weight excluding hydrogens is 248 g/mol. The van der Waals surface area contributed by atoms with Crippen LogP contribution in [0.15, 0.2) is 0 Å². The molecule has 2 heterocycles. The van der Waals surface area contributed by atoms with E-state index >= 15 is 0 Å². The average Bonchev–Trinajstić information content (AvgIpc) is 2.87. The third-order valence-corrected chi connectivity index (χ3v) is 7.35. The molecule has 3 rings (SSSR count). The molecule has 1 saturated carbocycles. The zero-order valence-corrected chi connectivity index (χ0v) is 11.8. The Bertz CT molecular complexity index is 390. The van der Waals surface area contributed by atoms with Gasteiger partial charge in [-0.1, -0.05) is 19.3 Å². The van der Waals surface area contributed by atoms with Crippen LogP contribution in [-0.2, 0) is 10.0 Å². The van der Waals surface area contributed by atoms with E-state index in [1.54, 1.807) is 0 Å². The third-order valence-electron chi connectivity index (χ3n) is 4.93. The molecule has 0 spiro atoms. The number of hydrogen-bond acceptors (Lipinski definition) is 3. The molecule has 0 bridgehead atoms. The topological polar surface area (TPSA) is 49.4 Å². The van der Waals surface area contributed by atoms with E-state index in [2.05, 4.69) is 5.32 Å². The van der Waals surface area contributed by atoms with Crippen molar-refractivity contribution in [2.75, 3.05) is 19.6 Å². The summed E-state index contributed by atoms with van der Waals surface area (Å²) in [5.74, 6) is 0.553. The van der Waals surface area contributed by atoms with Crippen LogP contribution in [0.4, 0.5) is 0 Å². The fourth-order valence-corrected chi connectivity index (χ4v) is 6.22. The first-order valence-electron chi connectivity index (χ1n) is 7.41. The van der Waals surface area contributed by atoms with Crippen LogP contribution in [0.2, 0.25) is 0 Å². The first-order valence-corrected chi connectivity index (χ1v) is 8.91. The molecule has 0 aromatic carbocycles. The number of hydrogen-bond donors (Lipinski definition) is 1. The van der Waals surface area contributed by atoms with Crippen molar-refractivity contribution in [2.24, 2.45) is 5.92 Å². The fraction of sp³-hybridized carbons (Fsp3) is 1.00. The van der Waals surface area contributed by atoms with Gasteiger partial charge in [0.25, 0.3) is 0 Å². The van der Waals surface area contributed by atoms with Crippen molar-refractivity contribution in [1.82, 2.24) is 9.62 Å². The Morgan fingerprint density at radius 2 is 1.72 bits per heavy atom. The van der Waals surface area contributed by atoms with Gasteiger partial charge in [0, 0.05) is 19.1 Å². The number of sulfonamides is 1. The molecule has 0 aromatic rings. The summed E-state index contributed by atoms with van der Waals surface area (Å²) in [5, 5.41) is 3.27. The van der Waals surface area contributed by atoms with E-state index < -0.39 is 10.0 Å². The molecular formula is C13H24N2O2S. The van der Waals surface area contributed by atoms with Crippen molar-refractivity contribution in [1.29, 1.82) is 0 Å². The summed E-state index contributed by atoms with van der Waals surface area (Å²) in [7, 11) is -3.05. The highest BCUT2D eigenvalue weighted by atomic mass is 32.2. The van der Waals surface area contributed by atoms with E-state index in [9.17, 15) is 8.42 Å². The summed E-state index contributed by atoms with van der Waals surface area (Å²) in [6.07, 6.45) is 7.37. The van der Waals surface area contributed by atoms with Crippen LogP contribution in [0.25, 0.3) is 0 Å². The van der Waals surface area contributed by atoms with Gasteiger partial charge < -0.3 is 5.32 Å². The minimum absolute atomic E-state index is 0.0920. The predicted molar refractivity (Wildman–Crippen MR) is 71.9 cm³/mol. The second-order valence-electron chi connectivity index (χ2n) is 6.04. The van der Waals surface area contributed by atoms with Crippen molar-refractivity contribution in [3.63, 3.8) is 0 Å². The van der Waals surface area contributed by atoms with Crippen LogP contribution in [0, 0.1) is 5.92 Å². The van der Waals surface area contributed by atoms with Gasteiger partial charge in [-0.05, 0) is 38.1 Å². The number of fused-ring (bicyclic) bond motifs is 1. The molecule has 1 N–H and O–H groups in total. The second-order valence-corrected chi connectivity index (χ2v) is 8.21. The lowest BCUT2D eigenvalue weighted by atomic mass is 9.94. The van der Waals surface area contributed by atoms with Gasteiger partial charge in [0.2, 0.25) is 10.0 Å². The van der Waals surface area contributed by atoms with Gasteiger partial charge in [-0.2, -0.15) is 4.31 Å². The SMILES string of the molecule is O=S(=O)(C1CCCCC1)N1CCCC2CNCC21. The summed E-state index contributed by atoms with van der Waals surface area (Å²) >= 11 is 0. The molecule has 4 nitrogen and oxygen atoms in total. The molecule has 0 amide bonds. The minimum Gasteiger partial charge on any atom is -0.315 e. The molecule has 104 valence electrons. The van der Waals surface area contributed by atoms with E-state index in [0.717, 1.165) is 51.7 Å². The molecule has 0 aromatic heterocycles. The zero-order valence-electron chi connectivity index (χ0n) is 11.0. The van der Waals surface area contributed by atoms with Crippen molar-refractivity contribution in [3.8, 4) is 0 Å². The number of piperidine rings is 1. The average molecular weight is 272 g/mol. The number of nitrogens with one attached hydrogen (secondary N) is 1. The highest BCUT2D eigenvalue weighted by Gasteiger charge is 2.43. The van der Waals surface area contributed by atoms with E-state index in [1.807, 2.05) is 4.31 Å². The Balaban J connectivity index is 1.79. The van der Waals surface area contributed by atoms with Crippen LogP contribution < -0.4 is 5.32 Å². The van der Waals surface area contributed by atoms with Crippen LogP contribution in [0.5, 0.6) is 0 Å². The quantitative estimate of drug-likeness (QED) is 0.825. The molecule has 2 atom stereocenters. The van der Waals surface area contributed by atoms with Gasteiger partial charge >= 0.3 is 0 Å². The Labute approximate surface area is 110 Å². The van der Waals surface area contributed by atoms with Gasteiger partial charge in [0.05, 0.1) is 5.25 Å². The molecule has 3 fully saturated rings. The molecule has 1 aliphatic carbocycles. The highest BCUT2D eigenvalue weighted by molar-refractivity contribution is 7.89. The summed E-state index contributed by atoms with van der Waals surface area (Å²) in [6.45, 7) is 2.61. The Morgan fingerprint density at radius 3 is 2.50 bits per heavy atom. The van der Waals surface area contributed by atoms with Gasteiger partial charge in [0.15, 0.2) is 0 Å². The Kier molecular flexibility index (Phi) is 3.65. The summed E-state index contributed by atoms with van der Waals surface area (Å²) in [4.78, 5) is 0. The van der Waals surface area contributed by atoms with Crippen LogP contribution in [-0.4, -0.2) is 43.6 Å². The second kappa shape index (κ2) is 5.10. The normalized spacial score (nSPS) is 35.6. The van der Waals surface area contributed by atoms with E-state index in [1.165, 1.54) is 12.8 Å². The smallest absolute Gasteiger partial charge is 0.217 e. The van der Waals surface area contributed by atoms with Gasteiger partial charge in [-0.25, -0.2) is 8.42 Å². The molecule has 2 unspecified atom stereocenters. The fourth-order valence-electron chi connectivity index (χ4n) is 3.90. The van der Waals surface area contributed by atoms with Gasteiger partial charge in [-0.3, -0.25) is 0 Å². The molecule has 5 heteroatoms. The highest BCUT2D eigenvalue weighted by Crippen LogP contribution is 2.33. The summed E-state index contributed by atoms with van der Waals surface area (Å²) < 4.78 is 27.4. The largest absolute Gasteiger partial charge is 0.315 e. The minimum atomic E-state index is -3.05. The molecule has 18 heavy (non-hydrogen) atoms. The number of nitrogens with zero attached hydrogens (tertiary/aromatic N) is 1. The summed E-state index contributed by atoms with van der Waals surface area (Å²) in [5.41, 5.74) is 0. The third kappa shape index (κ3) is 2.21. The van der Waals surface area contributed by atoms with Crippen LogP contribution in [0.1, 0.15) is 44.9 Å². The molecule has 2 saturated heterocycles. The number of rotatable bonds is 2. The molecule has 3 aliphatic rings. The van der Waals surface area contributed by atoms with Gasteiger partial charge in [-0.15, -0.1) is 0 Å². The molecule has 2 aliphatic heterocycles. The monoisotopic (exact) mass is 272 g/mol. The van der Waals surface area contributed by atoms with E-state index in [-0.39, 0.29) is 11.3 Å². The maximum Gasteiger partial charge on any atom is 0.217 e. The van der Waals surface area contributed by atoms with Crippen molar-refractivity contribution in [3.05, 3.63) is 0 Å². The Morgan fingerprint density at radius 1 is 0.944 bits per heavy atom. The van der Waals surface area contributed by atoms with E-state index in [0.29, 0.717) is 5.92 Å². The molecule has 0 radical (unpaired) electrons. The first kappa shape index (κ1) is 12.9. The van der Waals surface area contributed by atoms with E-state index in [4.69, 9.17) is 0 Å². The summed E-state index contributed by atoms with van der Waals surface area (Å²) in [6, 6.07) is 0.241. The van der Waals surface area contributed by atoms with Crippen molar-refractivity contribution >= 4 is 10.0 Å². The van der Waals surface area contributed by atoms with Crippen molar-refractivity contribution in [2.45, 2.75) is 56.2 Å². The predicted octanol–water partition coefficient (Wildman–Crippen LogP) is 1.33. The lowest BCUT2D eigenvalue weighted by molar-refractivity contribution is 0.213.